The van der Waals surface area contributed by atoms with Crippen LogP contribution in [-0.2, 0) is 22.2 Å². The van der Waals surface area contributed by atoms with Gasteiger partial charge in [-0.2, -0.15) is 48.5 Å². The molecule has 31 nitrogen and oxygen atoms in total. The molecular weight excluding hydrogens is 1870 g/mol. The zero-order valence-corrected chi connectivity index (χ0v) is 83.9. The summed E-state index contributed by atoms with van der Waals surface area (Å²) in [5, 5.41) is 54.8. The van der Waals surface area contributed by atoms with Gasteiger partial charge in [-0.15, -0.1) is 0 Å². The number of amides is 2. The minimum absolute atomic E-state index is 0.120. The van der Waals surface area contributed by atoms with Gasteiger partial charge < -0.3 is 63.0 Å². The second kappa shape index (κ2) is 43.0. The molecule has 740 valence electrons. The van der Waals surface area contributed by atoms with E-state index in [0.717, 1.165) is 174 Å². The maximum Gasteiger partial charge on any atom is 0.416 e. The van der Waals surface area contributed by atoms with Crippen LogP contribution in [-0.4, -0.2) is 196 Å². The number of aromatic amines is 4. The van der Waals surface area contributed by atoms with Crippen molar-refractivity contribution < 1.29 is 27.2 Å². The van der Waals surface area contributed by atoms with Crippen molar-refractivity contribution in [1.82, 2.24) is 106 Å². The predicted molar refractivity (Wildman–Crippen MR) is 543 cm³/mol. The molecule has 8 aromatic heterocycles. The molecule has 14 N–H and O–H groups in total. The fourth-order valence-corrected chi connectivity index (χ4v) is 20.4. The Morgan fingerprint density at radius 1 is 0.436 bits per heavy atom. The van der Waals surface area contributed by atoms with Gasteiger partial charge in [0.2, 0.25) is 29.7 Å². The molecule has 140 heavy (non-hydrogen) atoms. The third-order valence-corrected chi connectivity index (χ3v) is 29.7. The average molecular weight is 1990 g/mol. The molecule has 39 heteroatoms. The van der Waals surface area contributed by atoms with E-state index in [4.69, 9.17) is 52.1 Å². The second-order valence-electron chi connectivity index (χ2n) is 39.1. The molecule has 0 atom stereocenters. The molecule has 0 unspecified atom stereocenters. The molecule has 4 aromatic carbocycles. The van der Waals surface area contributed by atoms with Crippen molar-refractivity contribution in [3.63, 3.8) is 0 Å². The summed E-state index contributed by atoms with van der Waals surface area (Å²) < 4.78 is 56.8. The van der Waals surface area contributed by atoms with Crippen molar-refractivity contribution in [2.45, 2.75) is 237 Å². The van der Waals surface area contributed by atoms with Gasteiger partial charge in [-0.3, -0.25) is 34.9 Å². The van der Waals surface area contributed by atoms with E-state index < -0.39 is 17.3 Å². The number of anilines is 14. The number of piperidine rings is 4. The molecule has 0 spiro atoms. The number of H-pyrrole nitrogens is 4. The fraction of sp³-hybridized carbons (Fsp3) is 0.465. The molecule has 4 aliphatic heterocycles. The van der Waals surface area contributed by atoms with E-state index >= 15 is 4.39 Å². The molecular formula is C101H123Cl4F4N29O2. The van der Waals surface area contributed by atoms with Crippen molar-refractivity contribution >= 4 is 140 Å². The summed E-state index contributed by atoms with van der Waals surface area (Å²) in [5.41, 5.74) is 22.3. The summed E-state index contributed by atoms with van der Waals surface area (Å²) >= 11 is 25.1. The first kappa shape index (κ1) is 99.9. The minimum Gasteiger partial charge on any atom is -0.341 e. The topological polar surface area (TPSA) is 387 Å². The highest BCUT2D eigenvalue weighted by atomic mass is 35.5. The molecule has 8 fully saturated rings. The highest BCUT2D eigenvalue weighted by Gasteiger charge is 2.49. The molecule has 0 radical (unpaired) electrons. The van der Waals surface area contributed by atoms with Crippen molar-refractivity contribution in [1.29, 1.82) is 0 Å². The van der Waals surface area contributed by atoms with E-state index in [1.54, 1.807) is 37.5 Å². The zero-order valence-electron chi connectivity index (χ0n) is 80.9. The van der Waals surface area contributed by atoms with Crippen LogP contribution >= 0.6 is 46.4 Å². The van der Waals surface area contributed by atoms with E-state index in [1.165, 1.54) is 71.5 Å². The van der Waals surface area contributed by atoms with Crippen LogP contribution in [0.4, 0.5) is 99.0 Å². The SMILES string of the molecule is Cc1cc(Nc2nc(Cc3cc(C)c(C4CCN(C(=O)C5(N)CCC5)CC4)cc3C)ncc2Cl)n[nH]1.Cc1cc(Nc2nc(Nc3cc(C(F)(F)F)c(C4CCNCC4)cc3C)ncc2Cl)n[nH]1.Cc1cc(Nc2nc(Nc3cc(C)c(C4CCN(C(=O)C5(N(C)C)CCC5)CC4)cc3C)ncc2Cl)n[nH]1.Cc1cc(Nc2ncc(Cl)c(Nc3cc(C4CC4)[nH]n3)n2)c(F)cc1C1CCN(C2CC2)CC1. The van der Waals surface area contributed by atoms with Gasteiger partial charge in [0.15, 0.2) is 46.5 Å². The van der Waals surface area contributed by atoms with E-state index in [0.29, 0.717) is 152 Å². The van der Waals surface area contributed by atoms with Gasteiger partial charge in [0.25, 0.3) is 0 Å². The summed E-state index contributed by atoms with van der Waals surface area (Å²) in [5.74, 6) is 7.68. The van der Waals surface area contributed by atoms with Crippen molar-refractivity contribution in [3.05, 3.63) is 219 Å². The van der Waals surface area contributed by atoms with Crippen LogP contribution in [0.25, 0.3) is 0 Å². The second-order valence-corrected chi connectivity index (χ2v) is 40.7. The van der Waals surface area contributed by atoms with Crippen LogP contribution in [0.15, 0.2) is 97.6 Å². The number of carbonyl (C=O) groups is 2. The fourth-order valence-electron chi connectivity index (χ4n) is 19.9. The van der Waals surface area contributed by atoms with Gasteiger partial charge in [-0.1, -0.05) is 70.7 Å². The number of aryl methyl sites for hydroxylation is 9. The number of nitrogens with zero attached hydrogens (tertiary/aromatic N) is 16. The molecule has 4 saturated carbocycles. The number of benzene rings is 4. The van der Waals surface area contributed by atoms with Crippen LogP contribution in [0.2, 0.25) is 20.1 Å². The lowest BCUT2D eigenvalue weighted by atomic mass is 9.74. The van der Waals surface area contributed by atoms with Crippen molar-refractivity contribution in [2.75, 3.05) is 104 Å². The zero-order chi connectivity index (χ0) is 98.6. The number of likely N-dealkylation sites (tertiary alicyclic amines) is 3. The molecule has 20 rings (SSSR count). The van der Waals surface area contributed by atoms with Gasteiger partial charge in [0.1, 0.15) is 37.3 Å². The maximum absolute atomic E-state index is 15.1. The normalized spacial score (nSPS) is 17.4. The molecule has 0 bridgehead atoms. The molecule has 4 saturated heterocycles. The van der Waals surface area contributed by atoms with Gasteiger partial charge in [0, 0.05) is 103 Å². The van der Waals surface area contributed by atoms with E-state index in [9.17, 15) is 22.8 Å². The number of aromatic nitrogens is 16. The first-order valence-electron chi connectivity index (χ1n) is 48.4. The Hall–Kier alpha value is -11.7. The van der Waals surface area contributed by atoms with Crippen LogP contribution in [0.5, 0.6) is 0 Å². The molecule has 2 amide bonds. The molecule has 12 heterocycles. The number of likely N-dealkylation sites (N-methyl/N-ethyl adjacent to an activating group) is 1. The highest BCUT2D eigenvalue weighted by molar-refractivity contribution is 6.34. The van der Waals surface area contributed by atoms with Crippen molar-refractivity contribution in [3.8, 4) is 0 Å². The number of halogens is 8. The molecule has 12 aromatic rings. The van der Waals surface area contributed by atoms with Crippen LogP contribution in [0.3, 0.4) is 0 Å². The lowest BCUT2D eigenvalue weighted by Crippen LogP contribution is -2.62. The highest BCUT2D eigenvalue weighted by Crippen LogP contribution is 2.47. The van der Waals surface area contributed by atoms with Gasteiger partial charge in [-0.25, -0.2) is 29.3 Å². The van der Waals surface area contributed by atoms with E-state index in [1.807, 2.05) is 64.0 Å². The number of rotatable bonds is 25. The number of hydrogen-bond acceptors (Lipinski definition) is 25. The summed E-state index contributed by atoms with van der Waals surface area (Å²) in [7, 11) is 4.08. The Morgan fingerprint density at radius 3 is 1.29 bits per heavy atom. The van der Waals surface area contributed by atoms with Gasteiger partial charge >= 0.3 is 6.18 Å². The lowest BCUT2D eigenvalue weighted by Gasteiger charge is -2.49. The van der Waals surface area contributed by atoms with Gasteiger partial charge in [-0.05, 0) is 327 Å². The van der Waals surface area contributed by atoms with Gasteiger partial charge in [0.05, 0.1) is 41.6 Å². The molecule has 4 aliphatic carbocycles. The minimum atomic E-state index is -4.46. The Labute approximate surface area is 832 Å². The third-order valence-electron chi connectivity index (χ3n) is 28.6. The monoisotopic (exact) mass is 1990 g/mol. The smallest absolute Gasteiger partial charge is 0.341 e. The number of carbonyl (C=O) groups excluding carboxylic acids is 2. The Balaban J connectivity index is 0.000000129. The lowest BCUT2D eigenvalue weighted by molar-refractivity contribution is -0.150. The average Bonchev–Trinajstić information content (AvgIpc) is 1.12. The summed E-state index contributed by atoms with van der Waals surface area (Å²) in [6.45, 7) is 25.0. The number of nitrogens with two attached hydrogens (primary N) is 1. The number of hydrogen-bond donors (Lipinski definition) is 13. The van der Waals surface area contributed by atoms with Crippen LogP contribution in [0, 0.1) is 68.1 Å². The summed E-state index contributed by atoms with van der Waals surface area (Å²) in [6.07, 6.45) is 20.6. The maximum atomic E-state index is 15.1. The third kappa shape index (κ3) is 23.9. The first-order chi connectivity index (χ1) is 67.1. The van der Waals surface area contributed by atoms with Crippen molar-refractivity contribution in [2.24, 2.45) is 5.73 Å². The van der Waals surface area contributed by atoms with E-state index in [2.05, 4.69) is 197 Å². The quantitative estimate of drug-likeness (QED) is 0.0236. The number of alkyl halides is 3. The standard InChI is InChI=1S/C28H37ClN8O.C27H34ClN7O.C25H29ClFN7.C21H23ClF3N7/c1-17-14-23(31-27-30-16-22(29)25(33-27)32-24-15-19(3)34-35-24)18(2)13-21(17)20-7-11-37(12-8-20)26(38)28(36(4)5)9-6-10-28;1-16-12-21(19-5-9-35(10-6-19)26(36)27(29)7-4-8-27)17(2)11-20(16)14-23-30-15-22(28)25(31-23)32-24-13-18(3)33-34-24;1-14-10-22(20(27)11-18(14)15-6-8-34(9-7-15)17-4-5-17)29-25-28-13-19(26)24(31-25)30-23-12-21(32-33-23)16-2-3-16;1-11-7-14(13-3-5-26-6-4-13)15(21(23,24)25)9-17(11)28-20-27-10-16(22)19(30-20)29-18-8-12(2)31-32-18/h13-16,20H,6-12H2,1-5H3,(H3,30,31,32,33,34,35);11-13,15,19H,4-10,14,29H2,1-3H3,(H2,30,31,32,33,34);10-13,15-17H,2-9H2,1H3,(H3,28,29,30,31,32,33);7-10,13,26H,3-6H2,1-2H3,(H3,27,28,29,30,31,32). The first-order valence-corrected chi connectivity index (χ1v) is 50.0. The Morgan fingerprint density at radius 2 is 0.843 bits per heavy atom. The summed E-state index contributed by atoms with van der Waals surface area (Å²) in [6, 6.07) is 23.6. The van der Waals surface area contributed by atoms with Crippen LogP contribution in [0.1, 0.15) is 241 Å². The van der Waals surface area contributed by atoms with Crippen LogP contribution < -0.4 is 48.3 Å². The van der Waals surface area contributed by atoms with E-state index in [-0.39, 0.29) is 45.9 Å². The number of nitrogens with one attached hydrogen (secondary N) is 12. The predicted octanol–water partition coefficient (Wildman–Crippen LogP) is 21.6. The Bertz CT molecular complexity index is 6430. The Kier molecular flexibility index (Phi) is 30.7. The largest absolute Gasteiger partial charge is 0.416 e. The summed E-state index contributed by atoms with van der Waals surface area (Å²) in [4.78, 5) is 70.1. The molecule has 8 aliphatic rings.